The maximum Gasteiger partial charge on any atom is 0.416 e. The highest BCUT2D eigenvalue weighted by Crippen LogP contribution is 2.30. The number of hydrogen-bond acceptors (Lipinski definition) is 6. The van der Waals surface area contributed by atoms with Crippen LogP contribution >= 0.6 is 0 Å². The van der Waals surface area contributed by atoms with Gasteiger partial charge in [-0.25, -0.2) is 4.99 Å². The maximum atomic E-state index is 13.1. The minimum absolute atomic E-state index is 0.125. The molecule has 27 heavy (non-hydrogen) atoms. The number of aromatic nitrogens is 1. The molecule has 0 aromatic carbocycles. The molecule has 0 spiro atoms. The Morgan fingerprint density at radius 3 is 2.78 bits per heavy atom. The van der Waals surface area contributed by atoms with Gasteiger partial charge in [0.25, 0.3) is 0 Å². The monoisotopic (exact) mass is 382 g/mol. The van der Waals surface area contributed by atoms with Crippen LogP contribution in [0.4, 0.5) is 13.2 Å². The number of nitrogens with zero attached hydrogens (tertiary/aromatic N) is 3. The summed E-state index contributed by atoms with van der Waals surface area (Å²) >= 11 is 0. The Bertz CT molecular complexity index is 755. The zero-order chi connectivity index (χ0) is 19.4. The molecule has 1 aromatic heterocycles. The Labute approximate surface area is 155 Å². The number of alkyl halides is 3. The zero-order valence-electron chi connectivity index (χ0n) is 14.9. The summed E-state index contributed by atoms with van der Waals surface area (Å²) in [5, 5.41) is 3.22. The first-order chi connectivity index (χ1) is 12.9. The average molecular weight is 382 g/mol. The van der Waals surface area contributed by atoms with Crippen molar-refractivity contribution in [2.75, 3.05) is 33.4 Å². The van der Waals surface area contributed by atoms with Gasteiger partial charge in [0, 0.05) is 25.7 Å². The second-order valence-corrected chi connectivity index (χ2v) is 6.12. The highest BCUT2D eigenvalue weighted by Gasteiger charge is 2.33. The van der Waals surface area contributed by atoms with Crippen molar-refractivity contribution >= 4 is 5.84 Å². The molecule has 6 nitrogen and oxygen atoms in total. The summed E-state index contributed by atoms with van der Waals surface area (Å²) in [6, 6.07) is 1.93. The second-order valence-electron chi connectivity index (χ2n) is 6.12. The van der Waals surface area contributed by atoms with Gasteiger partial charge >= 0.3 is 6.18 Å². The number of rotatable bonds is 4. The fourth-order valence-electron chi connectivity index (χ4n) is 3.06. The quantitative estimate of drug-likeness (QED) is 0.811. The first-order valence-corrected chi connectivity index (χ1v) is 8.52. The lowest BCUT2D eigenvalue weighted by atomic mass is 10.1. The third-order valence-corrected chi connectivity index (χ3v) is 4.44. The number of methoxy groups -OCH3 is 1. The molecule has 0 radical (unpaired) electrons. The Morgan fingerprint density at radius 1 is 1.41 bits per heavy atom. The maximum absolute atomic E-state index is 13.1. The highest BCUT2D eigenvalue weighted by molar-refractivity contribution is 5.98. The van der Waals surface area contributed by atoms with E-state index < -0.39 is 11.7 Å². The van der Waals surface area contributed by atoms with Gasteiger partial charge in [-0.1, -0.05) is 6.58 Å². The fourth-order valence-corrected chi connectivity index (χ4v) is 3.06. The molecule has 3 heterocycles. The van der Waals surface area contributed by atoms with Gasteiger partial charge in [0.2, 0.25) is 0 Å². The summed E-state index contributed by atoms with van der Waals surface area (Å²) in [4.78, 5) is 10.7. The predicted octanol–water partition coefficient (Wildman–Crippen LogP) is 2.54. The minimum atomic E-state index is -4.45. The van der Waals surface area contributed by atoms with E-state index in [0.717, 1.165) is 18.3 Å². The van der Waals surface area contributed by atoms with Gasteiger partial charge < -0.3 is 14.8 Å². The Balaban J connectivity index is 1.98. The predicted molar refractivity (Wildman–Crippen MR) is 93.9 cm³/mol. The molecule has 0 amide bonds. The molecular formula is C18H21F3N4O2. The number of hydrogen-bond donors (Lipinski definition) is 1. The average Bonchev–Trinajstić information content (AvgIpc) is 2.69. The van der Waals surface area contributed by atoms with Crippen molar-refractivity contribution in [3.63, 3.8) is 0 Å². The standard InChI is InChI=1S/C18H21F3N4O2/c1-3-15(26-2)13-11-16(25-6-8-27-9-7-25)24-17(23-13)14-10-12(4-5-22-14)18(19,20)21/h3-5,10,16H,1,6-9,11H2,2H3,(H,23,24)/b15-13-. The molecule has 2 aliphatic rings. The van der Waals surface area contributed by atoms with Crippen LogP contribution in [0.3, 0.4) is 0 Å². The van der Waals surface area contributed by atoms with Crippen molar-refractivity contribution < 1.29 is 22.6 Å². The highest BCUT2D eigenvalue weighted by atomic mass is 19.4. The van der Waals surface area contributed by atoms with Crippen LogP contribution < -0.4 is 5.32 Å². The number of halogens is 3. The second kappa shape index (κ2) is 8.10. The Hall–Kier alpha value is -2.39. The number of pyridine rings is 1. The SMILES string of the molecule is C=C/C(OC)=C1\CC(N2CCOCC2)NC(c2cc(C(F)(F)F)ccn2)=N1. The van der Waals surface area contributed by atoms with Crippen LogP contribution in [0, 0.1) is 0 Å². The largest absolute Gasteiger partial charge is 0.495 e. The fraction of sp³-hybridized carbons (Fsp3) is 0.444. The van der Waals surface area contributed by atoms with Gasteiger partial charge in [-0.2, -0.15) is 13.2 Å². The molecule has 9 heteroatoms. The summed E-state index contributed by atoms with van der Waals surface area (Å²) in [7, 11) is 1.51. The third kappa shape index (κ3) is 4.48. The summed E-state index contributed by atoms with van der Waals surface area (Å²) in [6.45, 7) is 6.35. The molecule has 1 N–H and O–H groups in total. The lowest BCUT2D eigenvalue weighted by molar-refractivity contribution is -0.137. The molecule has 1 fully saturated rings. The number of amidine groups is 1. The Morgan fingerprint density at radius 2 is 2.15 bits per heavy atom. The molecule has 0 aliphatic carbocycles. The van der Waals surface area contributed by atoms with Crippen molar-refractivity contribution in [1.82, 2.24) is 15.2 Å². The number of ether oxygens (including phenoxy) is 2. The van der Waals surface area contributed by atoms with Crippen molar-refractivity contribution in [1.29, 1.82) is 0 Å². The summed E-state index contributed by atoms with van der Waals surface area (Å²) in [5.74, 6) is 0.759. The molecule has 0 saturated carbocycles. The van der Waals surface area contributed by atoms with Gasteiger partial charge in [-0.3, -0.25) is 9.88 Å². The zero-order valence-corrected chi connectivity index (χ0v) is 14.9. The third-order valence-electron chi connectivity index (χ3n) is 4.44. The smallest absolute Gasteiger partial charge is 0.416 e. The van der Waals surface area contributed by atoms with E-state index >= 15 is 0 Å². The molecular weight excluding hydrogens is 361 g/mol. The van der Waals surface area contributed by atoms with E-state index in [2.05, 4.69) is 26.8 Å². The van der Waals surface area contributed by atoms with E-state index in [1.807, 2.05) is 0 Å². The minimum Gasteiger partial charge on any atom is -0.495 e. The molecule has 1 unspecified atom stereocenters. The van der Waals surface area contributed by atoms with Crippen LogP contribution in [0.5, 0.6) is 0 Å². The number of aliphatic imine (C=N–C) groups is 1. The van der Waals surface area contributed by atoms with Gasteiger partial charge in [0.1, 0.15) is 11.5 Å². The van der Waals surface area contributed by atoms with Crippen molar-refractivity contribution in [3.8, 4) is 0 Å². The van der Waals surface area contributed by atoms with E-state index in [0.29, 0.717) is 44.2 Å². The van der Waals surface area contributed by atoms with Crippen LogP contribution in [0.25, 0.3) is 0 Å². The number of morpholine rings is 1. The van der Waals surface area contributed by atoms with Crippen LogP contribution in [-0.4, -0.2) is 55.3 Å². The van der Waals surface area contributed by atoms with Gasteiger partial charge in [-0.15, -0.1) is 0 Å². The Kier molecular flexibility index (Phi) is 5.81. The molecule has 1 aromatic rings. The molecule has 1 saturated heterocycles. The van der Waals surface area contributed by atoms with E-state index in [1.165, 1.54) is 13.2 Å². The first-order valence-electron chi connectivity index (χ1n) is 8.52. The van der Waals surface area contributed by atoms with Crippen LogP contribution in [-0.2, 0) is 15.7 Å². The molecule has 146 valence electrons. The molecule has 2 aliphatic heterocycles. The van der Waals surface area contributed by atoms with Crippen molar-refractivity contribution in [2.45, 2.75) is 18.8 Å². The van der Waals surface area contributed by atoms with Gasteiger partial charge in [0.15, 0.2) is 5.84 Å². The van der Waals surface area contributed by atoms with Crippen LogP contribution in [0.15, 0.2) is 47.4 Å². The normalized spacial score (nSPS) is 23.3. The lowest BCUT2D eigenvalue weighted by Gasteiger charge is -2.37. The topological polar surface area (TPSA) is 59.0 Å². The summed E-state index contributed by atoms with van der Waals surface area (Å²) in [6.07, 6.45) is -1.41. The van der Waals surface area contributed by atoms with Crippen molar-refractivity contribution in [3.05, 3.63) is 53.7 Å². The lowest BCUT2D eigenvalue weighted by Crippen LogP contribution is -2.54. The van der Waals surface area contributed by atoms with E-state index in [1.54, 1.807) is 0 Å². The van der Waals surface area contributed by atoms with Crippen LogP contribution in [0.1, 0.15) is 17.7 Å². The van der Waals surface area contributed by atoms with Crippen LogP contribution in [0.2, 0.25) is 0 Å². The molecule has 0 bridgehead atoms. The summed E-state index contributed by atoms with van der Waals surface area (Å²) < 4.78 is 49.9. The first kappa shape index (κ1) is 19.4. The summed E-state index contributed by atoms with van der Waals surface area (Å²) in [5.41, 5.74) is -0.0385. The van der Waals surface area contributed by atoms with E-state index in [-0.39, 0.29) is 17.7 Å². The van der Waals surface area contributed by atoms with Crippen molar-refractivity contribution in [2.24, 2.45) is 4.99 Å². The molecule has 3 rings (SSSR count). The van der Waals surface area contributed by atoms with E-state index in [9.17, 15) is 13.2 Å². The molecule has 1 atom stereocenters. The van der Waals surface area contributed by atoms with Gasteiger partial charge in [-0.05, 0) is 18.2 Å². The van der Waals surface area contributed by atoms with Gasteiger partial charge in [0.05, 0.1) is 37.7 Å². The number of allylic oxidation sites excluding steroid dienone is 1. The number of nitrogens with one attached hydrogen (secondary N) is 1. The van der Waals surface area contributed by atoms with E-state index in [4.69, 9.17) is 9.47 Å².